The predicted octanol–water partition coefficient (Wildman–Crippen LogP) is 2.16. The minimum atomic E-state index is -0.254. The average molecular weight is 218 g/mol. The normalized spacial score (nSPS) is 30.9. The molecular formula is C13H14O3. The molecule has 0 bridgehead atoms. The number of ether oxygens (including phenoxy) is 2. The topological polar surface area (TPSA) is 38.8 Å². The van der Waals surface area contributed by atoms with Crippen molar-refractivity contribution in [2.75, 3.05) is 6.61 Å². The molecule has 0 aromatic heterocycles. The number of carbonyl (C=O) groups is 1. The smallest absolute Gasteiger partial charge is 0.338 e. The molecule has 1 aliphatic carbocycles. The Morgan fingerprint density at radius 2 is 2.25 bits per heavy atom. The van der Waals surface area contributed by atoms with Gasteiger partial charge in [0, 0.05) is 0 Å². The zero-order valence-corrected chi connectivity index (χ0v) is 9.02. The molecule has 2 fully saturated rings. The van der Waals surface area contributed by atoms with Gasteiger partial charge in [-0.3, -0.25) is 0 Å². The Kier molecular flexibility index (Phi) is 2.21. The molecule has 0 spiro atoms. The lowest BCUT2D eigenvalue weighted by molar-refractivity contribution is 0.0384. The summed E-state index contributed by atoms with van der Waals surface area (Å²) < 4.78 is 10.8. The van der Waals surface area contributed by atoms with Crippen molar-refractivity contribution in [2.24, 2.45) is 0 Å². The number of epoxide rings is 1. The number of esters is 1. The van der Waals surface area contributed by atoms with Gasteiger partial charge < -0.3 is 9.47 Å². The van der Waals surface area contributed by atoms with E-state index in [-0.39, 0.29) is 11.6 Å². The van der Waals surface area contributed by atoms with Crippen LogP contribution in [-0.2, 0) is 9.47 Å². The zero-order chi connectivity index (χ0) is 11.0. The molecule has 84 valence electrons. The lowest BCUT2D eigenvalue weighted by atomic mass is 10.1. The molecule has 1 aromatic carbocycles. The first-order valence-corrected chi connectivity index (χ1v) is 5.70. The van der Waals surface area contributed by atoms with Crippen molar-refractivity contribution in [3.05, 3.63) is 35.9 Å². The van der Waals surface area contributed by atoms with Crippen LogP contribution in [0.15, 0.2) is 30.3 Å². The van der Waals surface area contributed by atoms with Gasteiger partial charge in [-0.25, -0.2) is 4.79 Å². The summed E-state index contributed by atoms with van der Waals surface area (Å²) in [4.78, 5) is 11.7. The highest BCUT2D eigenvalue weighted by Gasteiger charge is 2.60. The first-order valence-electron chi connectivity index (χ1n) is 5.70. The van der Waals surface area contributed by atoms with Gasteiger partial charge in [-0.2, -0.15) is 0 Å². The fourth-order valence-electron chi connectivity index (χ4n) is 2.42. The highest BCUT2D eigenvalue weighted by Crippen LogP contribution is 2.49. The number of benzene rings is 1. The second-order valence-electron chi connectivity index (χ2n) is 4.51. The summed E-state index contributed by atoms with van der Waals surface area (Å²) in [6, 6.07) is 9.08. The summed E-state index contributed by atoms with van der Waals surface area (Å²) >= 11 is 0. The summed E-state index contributed by atoms with van der Waals surface area (Å²) in [5, 5.41) is 0. The van der Waals surface area contributed by atoms with E-state index in [4.69, 9.17) is 9.47 Å². The SMILES string of the molecule is O=C(OC[C@@]12CCC[C@@H]1O2)c1ccccc1. The van der Waals surface area contributed by atoms with Crippen LogP contribution in [0.4, 0.5) is 0 Å². The molecule has 0 N–H and O–H groups in total. The third-order valence-electron chi connectivity index (χ3n) is 3.43. The standard InChI is InChI=1S/C13H14O3/c14-12(10-5-2-1-3-6-10)15-9-13-8-4-7-11(13)16-13/h1-3,5-6,11H,4,7-9H2/t11-,13-/m0/s1. The van der Waals surface area contributed by atoms with Crippen LogP contribution in [0.1, 0.15) is 29.6 Å². The van der Waals surface area contributed by atoms with Gasteiger partial charge in [0.2, 0.25) is 0 Å². The molecule has 0 unspecified atom stereocenters. The number of rotatable bonds is 3. The van der Waals surface area contributed by atoms with Gasteiger partial charge in [-0.15, -0.1) is 0 Å². The lowest BCUT2D eigenvalue weighted by Gasteiger charge is -2.09. The number of fused-ring (bicyclic) bond motifs is 1. The van der Waals surface area contributed by atoms with E-state index in [0.29, 0.717) is 18.3 Å². The molecule has 1 aliphatic heterocycles. The lowest BCUT2D eigenvalue weighted by Crippen LogP contribution is -2.21. The Bertz CT molecular complexity index is 401. The molecule has 3 nitrogen and oxygen atoms in total. The molecule has 1 saturated heterocycles. The van der Waals surface area contributed by atoms with Crippen LogP contribution in [0, 0.1) is 0 Å². The summed E-state index contributed by atoms with van der Waals surface area (Å²) in [5.74, 6) is -0.254. The van der Waals surface area contributed by atoms with E-state index < -0.39 is 0 Å². The summed E-state index contributed by atoms with van der Waals surface area (Å²) in [7, 11) is 0. The number of carbonyl (C=O) groups excluding carboxylic acids is 1. The van der Waals surface area contributed by atoms with Crippen molar-refractivity contribution in [2.45, 2.75) is 31.0 Å². The van der Waals surface area contributed by atoms with Crippen LogP contribution >= 0.6 is 0 Å². The van der Waals surface area contributed by atoms with Gasteiger partial charge in [0.15, 0.2) is 0 Å². The van der Waals surface area contributed by atoms with E-state index >= 15 is 0 Å². The quantitative estimate of drug-likeness (QED) is 0.576. The minimum Gasteiger partial charge on any atom is -0.459 e. The van der Waals surface area contributed by atoms with Crippen LogP contribution in [0.5, 0.6) is 0 Å². The van der Waals surface area contributed by atoms with E-state index in [1.54, 1.807) is 12.1 Å². The molecule has 2 atom stereocenters. The van der Waals surface area contributed by atoms with Gasteiger partial charge in [0.1, 0.15) is 12.2 Å². The second kappa shape index (κ2) is 3.59. The maximum atomic E-state index is 11.7. The van der Waals surface area contributed by atoms with Gasteiger partial charge in [0.25, 0.3) is 0 Å². The number of hydrogen-bond donors (Lipinski definition) is 0. The largest absolute Gasteiger partial charge is 0.459 e. The average Bonchev–Trinajstić information content (AvgIpc) is 2.89. The summed E-state index contributed by atoms with van der Waals surface area (Å²) in [6.45, 7) is 0.408. The van der Waals surface area contributed by atoms with Crippen molar-refractivity contribution in [3.8, 4) is 0 Å². The maximum absolute atomic E-state index is 11.7. The van der Waals surface area contributed by atoms with Crippen LogP contribution in [0.2, 0.25) is 0 Å². The summed E-state index contributed by atoms with van der Waals surface area (Å²) in [6.07, 6.45) is 3.67. The van der Waals surface area contributed by atoms with Crippen LogP contribution < -0.4 is 0 Å². The highest BCUT2D eigenvalue weighted by molar-refractivity contribution is 5.89. The number of hydrogen-bond acceptors (Lipinski definition) is 3. The fraction of sp³-hybridized carbons (Fsp3) is 0.462. The second-order valence-corrected chi connectivity index (χ2v) is 4.51. The Morgan fingerprint density at radius 1 is 1.44 bits per heavy atom. The van der Waals surface area contributed by atoms with Crippen molar-refractivity contribution >= 4 is 5.97 Å². The molecule has 1 saturated carbocycles. The molecule has 1 heterocycles. The molecule has 2 aliphatic rings. The monoisotopic (exact) mass is 218 g/mol. The van der Waals surface area contributed by atoms with Gasteiger partial charge in [-0.1, -0.05) is 18.2 Å². The Hall–Kier alpha value is -1.35. The van der Waals surface area contributed by atoms with E-state index in [9.17, 15) is 4.79 Å². The molecule has 1 aromatic rings. The Morgan fingerprint density at radius 3 is 2.88 bits per heavy atom. The predicted molar refractivity (Wildman–Crippen MR) is 58.2 cm³/mol. The first kappa shape index (κ1) is 9.85. The van der Waals surface area contributed by atoms with Gasteiger partial charge in [-0.05, 0) is 31.4 Å². The highest BCUT2D eigenvalue weighted by atomic mass is 16.6. The Balaban J connectivity index is 1.58. The van der Waals surface area contributed by atoms with E-state index in [1.807, 2.05) is 18.2 Å². The van der Waals surface area contributed by atoms with E-state index in [1.165, 1.54) is 6.42 Å². The van der Waals surface area contributed by atoms with Gasteiger partial charge in [0.05, 0.1) is 11.7 Å². The third-order valence-corrected chi connectivity index (χ3v) is 3.43. The Labute approximate surface area is 94.4 Å². The van der Waals surface area contributed by atoms with Crippen molar-refractivity contribution < 1.29 is 14.3 Å². The fourth-order valence-corrected chi connectivity index (χ4v) is 2.42. The minimum absolute atomic E-state index is 0.121. The molecule has 16 heavy (non-hydrogen) atoms. The maximum Gasteiger partial charge on any atom is 0.338 e. The zero-order valence-electron chi connectivity index (χ0n) is 9.02. The first-order chi connectivity index (χ1) is 7.80. The molecule has 3 rings (SSSR count). The molecular weight excluding hydrogens is 204 g/mol. The molecule has 0 amide bonds. The van der Waals surface area contributed by atoms with E-state index in [0.717, 1.165) is 12.8 Å². The van der Waals surface area contributed by atoms with Crippen LogP contribution in [0.25, 0.3) is 0 Å². The van der Waals surface area contributed by atoms with E-state index in [2.05, 4.69) is 0 Å². The van der Waals surface area contributed by atoms with Crippen LogP contribution in [-0.4, -0.2) is 24.3 Å². The van der Waals surface area contributed by atoms with Crippen LogP contribution in [0.3, 0.4) is 0 Å². The van der Waals surface area contributed by atoms with Crippen molar-refractivity contribution in [3.63, 3.8) is 0 Å². The van der Waals surface area contributed by atoms with Crippen molar-refractivity contribution in [1.29, 1.82) is 0 Å². The molecule has 3 heteroatoms. The molecule has 0 radical (unpaired) electrons. The van der Waals surface area contributed by atoms with Crippen molar-refractivity contribution in [1.82, 2.24) is 0 Å². The van der Waals surface area contributed by atoms with Gasteiger partial charge >= 0.3 is 5.97 Å². The third kappa shape index (κ3) is 1.61. The summed E-state index contributed by atoms with van der Waals surface area (Å²) in [5.41, 5.74) is 0.485.